The van der Waals surface area contributed by atoms with Gasteiger partial charge in [-0.3, -0.25) is 9.67 Å². The van der Waals surface area contributed by atoms with Crippen LogP contribution < -0.4 is 10.5 Å². The van der Waals surface area contributed by atoms with Gasteiger partial charge in [0, 0.05) is 24.0 Å². The largest absolute Gasteiger partial charge is 0.455 e. The van der Waals surface area contributed by atoms with Gasteiger partial charge in [-0.25, -0.2) is 4.98 Å². The minimum Gasteiger partial charge on any atom is -0.455 e. The molecule has 0 spiro atoms. The van der Waals surface area contributed by atoms with Crippen molar-refractivity contribution in [2.75, 3.05) is 5.73 Å². The lowest BCUT2D eigenvalue weighted by Crippen LogP contribution is -1.94. The van der Waals surface area contributed by atoms with Crippen molar-refractivity contribution >= 4 is 28.4 Å². The maximum atomic E-state index is 5.87. The summed E-state index contributed by atoms with van der Waals surface area (Å²) in [7, 11) is 0. The van der Waals surface area contributed by atoms with E-state index in [4.69, 9.17) is 10.5 Å². The molecule has 22 heavy (non-hydrogen) atoms. The molecule has 0 amide bonds. The first-order chi connectivity index (χ1) is 10.7. The van der Waals surface area contributed by atoms with Gasteiger partial charge in [0.25, 0.3) is 0 Å². The molecule has 0 saturated carbocycles. The second kappa shape index (κ2) is 6.30. The Bertz CT molecular complexity index is 802. The highest BCUT2D eigenvalue weighted by Gasteiger charge is 2.07. The van der Waals surface area contributed by atoms with Crippen molar-refractivity contribution in [1.29, 1.82) is 0 Å². The van der Waals surface area contributed by atoms with Crippen LogP contribution in [0.5, 0.6) is 11.5 Å². The zero-order chi connectivity index (χ0) is 15.5. The topological polar surface area (TPSA) is 78.8 Å². The molecule has 2 N–H and O–H groups in total. The predicted molar refractivity (Wildman–Crippen MR) is 92.9 cm³/mol. The van der Waals surface area contributed by atoms with E-state index in [2.05, 4.69) is 37.7 Å². The molecule has 3 heterocycles. The number of alkyl halides is 1. The van der Waals surface area contributed by atoms with Gasteiger partial charge in [0.15, 0.2) is 0 Å². The van der Waals surface area contributed by atoms with Crippen LogP contribution in [0, 0.1) is 6.92 Å². The number of nitrogen functional groups attached to an aromatic ring is 1. The highest BCUT2D eigenvalue weighted by molar-refractivity contribution is 14.1. The van der Waals surface area contributed by atoms with E-state index in [1.165, 1.54) is 0 Å². The van der Waals surface area contributed by atoms with E-state index in [-0.39, 0.29) is 0 Å². The Kier molecular flexibility index (Phi) is 4.23. The minimum absolute atomic E-state index is 0.478. The Balaban J connectivity index is 1.87. The summed E-state index contributed by atoms with van der Waals surface area (Å²) in [5, 5.41) is 4.25. The summed E-state index contributed by atoms with van der Waals surface area (Å²) in [5.74, 6) is 1.85. The van der Waals surface area contributed by atoms with Gasteiger partial charge >= 0.3 is 0 Å². The highest BCUT2D eigenvalue weighted by atomic mass is 127. The van der Waals surface area contributed by atoms with Crippen LogP contribution in [0.2, 0.25) is 0 Å². The second-order valence-corrected chi connectivity index (χ2v) is 5.42. The number of nitrogens with zero attached hydrogens (tertiary/aromatic N) is 4. The predicted octanol–water partition coefficient (Wildman–Crippen LogP) is 3.42. The third kappa shape index (κ3) is 3.19. The summed E-state index contributed by atoms with van der Waals surface area (Å²) < 4.78 is 8.51. The van der Waals surface area contributed by atoms with Gasteiger partial charge in [-0.05, 0) is 24.6 Å². The van der Waals surface area contributed by atoms with Gasteiger partial charge in [-0.2, -0.15) is 5.10 Å². The lowest BCUT2D eigenvalue weighted by molar-refractivity contribution is 0.476. The van der Waals surface area contributed by atoms with E-state index in [1.807, 2.05) is 29.9 Å². The molecule has 7 heteroatoms. The normalized spacial score (nSPS) is 10.6. The number of anilines is 1. The van der Waals surface area contributed by atoms with E-state index in [9.17, 15) is 0 Å². The van der Waals surface area contributed by atoms with E-state index >= 15 is 0 Å². The Labute approximate surface area is 141 Å². The summed E-state index contributed by atoms with van der Waals surface area (Å²) in [6, 6.07) is 5.47. The molecule has 3 aromatic rings. The molecule has 0 aliphatic heterocycles. The Morgan fingerprint density at radius 2 is 2.14 bits per heavy atom. The van der Waals surface area contributed by atoms with E-state index < -0.39 is 0 Å². The van der Waals surface area contributed by atoms with E-state index in [1.54, 1.807) is 24.7 Å². The number of ether oxygens (including phenoxy) is 1. The van der Waals surface area contributed by atoms with Gasteiger partial charge in [0.2, 0.25) is 0 Å². The number of nitrogens with two attached hydrogens (primary N) is 1. The lowest BCUT2D eigenvalue weighted by Gasteiger charge is -2.09. The van der Waals surface area contributed by atoms with Crippen molar-refractivity contribution in [1.82, 2.24) is 19.7 Å². The molecule has 6 nitrogen and oxygen atoms in total. The summed E-state index contributed by atoms with van der Waals surface area (Å²) >= 11 is 2.25. The van der Waals surface area contributed by atoms with Crippen LogP contribution in [0.1, 0.15) is 5.56 Å². The number of hydrogen-bond donors (Lipinski definition) is 1. The van der Waals surface area contributed by atoms with Crippen molar-refractivity contribution in [3.05, 3.63) is 48.5 Å². The van der Waals surface area contributed by atoms with Gasteiger partial charge in [-0.15, -0.1) is 0 Å². The molecule has 3 rings (SSSR count). The molecule has 0 aromatic carbocycles. The van der Waals surface area contributed by atoms with Gasteiger partial charge < -0.3 is 10.5 Å². The number of pyridine rings is 2. The summed E-state index contributed by atoms with van der Waals surface area (Å²) in [6.45, 7) is 1.93. The van der Waals surface area contributed by atoms with Crippen LogP contribution in [-0.2, 0) is 4.55 Å². The lowest BCUT2D eigenvalue weighted by atomic mass is 10.2. The van der Waals surface area contributed by atoms with Crippen molar-refractivity contribution in [2.24, 2.45) is 0 Å². The number of aromatic nitrogens is 4. The minimum atomic E-state index is 0.478. The quantitative estimate of drug-likeness (QED) is 0.530. The molecule has 0 aliphatic rings. The Morgan fingerprint density at radius 3 is 2.86 bits per heavy atom. The third-order valence-electron chi connectivity index (χ3n) is 3.09. The first kappa shape index (κ1) is 14.8. The highest BCUT2D eigenvalue weighted by Crippen LogP contribution is 2.27. The van der Waals surface area contributed by atoms with Crippen LogP contribution >= 0.6 is 22.6 Å². The molecule has 0 aliphatic carbocycles. The molecule has 3 aromatic heterocycles. The Morgan fingerprint density at radius 1 is 1.27 bits per heavy atom. The Hall–Kier alpha value is -2.16. The molecular formula is C15H14IN5O. The monoisotopic (exact) mass is 407 g/mol. The number of halogens is 1. The second-order valence-electron chi connectivity index (χ2n) is 4.74. The SMILES string of the molecule is Cc1cc(N)ncc1Oc1ccnc(-c2cnn(CI)c2)c1. The summed E-state index contributed by atoms with van der Waals surface area (Å²) in [5.41, 5.74) is 8.35. The first-order valence-corrected chi connectivity index (χ1v) is 8.13. The number of rotatable bonds is 4. The summed E-state index contributed by atoms with van der Waals surface area (Å²) in [4.78, 5) is 8.42. The fourth-order valence-corrected chi connectivity index (χ4v) is 2.37. The summed E-state index contributed by atoms with van der Waals surface area (Å²) in [6.07, 6.45) is 7.08. The number of hydrogen-bond acceptors (Lipinski definition) is 5. The maximum Gasteiger partial charge on any atom is 0.148 e. The molecule has 0 fully saturated rings. The molecular weight excluding hydrogens is 393 g/mol. The van der Waals surface area contributed by atoms with Crippen molar-refractivity contribution < 1.29 is 4.74 Å². The first-order valence-electron chi connectivity index (χ1n) is 6.60. The van der Waals surface area contributed by atoms with E-state index in [0.717, 1.165) is 21.4 Å². The molecule has 0 unspecified atom stereocenters. The fourth-order valence-electron chi connectivity index (χ4n) is 1.99. The van der Waals surface area contributed by atoms with Crippen LogP contribution in [0.15, 0.2) is 43.0 Å². The van der Waals surface area contributed by atoms with Crippen molar-refractivity contribution in [3.8, 4) is 22.8 Å². The maximum absolute atomic E-state index is 5.87. The van der Waals surface area contributed by atoms with E-state index in [0.29, 0.717) is 17.3 Å². The van der Waals surface area contributed by atoms with Crippen LogP contribution in [-0.4, -0.2) is 19.7 Å². The van der Waals surface area contributed by atoms with Gasteiger partial charge in [-0.1, -0.05) is 22.6 Å². The molecule has 0 bridgehead atoms. The molecule has 0 atom stereocenters. The van der Waals surface area contributed by atoms with Crippen LogP contribution in [0.25, 0.3) is 11.3 Å². The van der Waals surface area contributed by atoms with Gasteiger partial charge in [0.05, 0.1) is 22.6 Å². The molecule has 0 radical (unpaired) electrons. The molecule has 112 valence electrons. The smallest absolute Gasteiger partial charge is 0.148 e. The fraction of sp³-hybridized carbons (Fsp3) is 0.133. The van der Waals surface area contributed by atoms with Gasteiger partial charge in [0.1, 0.15) is 17.3 Å². The zero-order valence-electron chi connectivity index (χ0n) is 11.9. The third-order valence-corrected chi connectivity index (χ3v) is 3.79. The average molecular weight is 407 g/mol. The number of aryl methyl sites for hydroxylation is 1. The van der Waals surface area contributed by atoms with Crippen LogP contribution in [0.4, 0.5) is 5.82 Å². The van der Waals surface area contributed by atoms with Crippen molar-refractivity contribution in [3.63, 3.8) is 0 Å². The zero-order valence-corrected chi connectivity index (χ0v) is 14.1. The molecule has 0 saturated heterocycles. The average Bonchev–Trinajstić information content (AvgIpc) is 2.99. The standard InChI is InChI=1S/C15H14IN5O/c1-10-4-15(17)19-7-14(10)22-12-2-3-18-13(5-12)11-6-20-21(8-11)9-16/h2-8H,9H2,1H3,(H2,17,19). The van der Waals surface area contributed by atoms with Crippen LogP contribution in [0.3, 0.4) is 0 Å². The van der Waals surface area contributed by atoms with Crippen molar-refractivity contribution in [2.45, 2.75) is 11.5 Å².